The van der Waals surface area contributed by atoms with E-state index < -0.39 is 18.0 Å². The Bertz CT molecular complexity index is 1100. The quantitative estimate of drug-likeness (QED) is 0.427. The van der Waals surface area contributed by atoms with E-state index in [1.54, 1.807) is 55.1 Å². The average molecular weight is 505 g/mol. The number of halogens is 1. The summed E-state index contributed by atoms with van der Waals surface area (Å²) >= 11 is 2.13. The molecule has 1 heterocycles. The number of nitrogens with zero attached hydrogens (tertiary/aromatic N) is 2. The molecule has 150 valence electrons. The summed E-state index contributed by atoms with van der Waals surface area (Å²) in [4.78, 5) is 37.6. The van der Waals surface area contributed by atoms with Crippen LogP contribution >= 0.6 is 22.6 Å². The van der Waals surface area contributed by atoms with Crippen molar-refractivity contribution in [3.63, 3.8) is 0 Å². The molecule has 3 aromatic rings. The standard InChI is InChI=1S/C21H20IN3O4/c1-13-18(20(27)25(24(13)3)17-7-5-4-6-8-17)23-19(26)14(2)29-21(28)15-9-11-16(22)12-10-15/h4-12,14H,1-3H3,(H,23,26). The number of nitrogens with one attached hydrogen (secondary N) is 1. The van der Waals surface area contributed by atoms with Gasteiger partial charge in [0.25, 0.3) is 11.5 Å². The van der Waals surface area contributed by atoms with Gasteiger partial charge in [-0.3, -0.25) is 14.3 Å². The number of carbonyl (C=O) groups is 2. The number of carbonyl (C=O) groups excluding carboxylic acids is 2. The normalized spacial score (nSPS) is 11.7. The monoisotopic (exact) mass is 505 g/mol. The summed E-state index contributed by atoms with van der Waals surface area (Å²) in [6.45, 7) is 3.20. The SMILES string of the molecule is Cc1c(NC(=O)C(C)OC(=O)c2ccc(I)cc2)c(=O)n(-c2ccccc2)n1C. The lowest BCUT2D eigenvalue weighted by Crippen LogP contribution is -2.32. The Balaban J connectivity index is 1.77. The molecule has 1 N–H and O–H groups in total. The van der Waals surface area contributed by atoms with Crippen molar-refractivity contribution in [2.75, 3.05) is 5.32 Å². The summed E-state index contributed by atoms with van der Waals surface area (Å²) in [6, 6.07) is 15.9. The van der Waals surface area contributed by atoms with Crippen molar-refractivity contribution in [1.82, 2.24) is 9.36 Å². The molecule has 0 radical (unpaired) electrons. The number of rotatable bonds is 5. The van der Waals surface area contributed by atoms with Gasteiger partial charge in [-0.25, -0.2) is 9.48 Å². The average Bonchev–Trinajstić information content (AvgIpc) is 2.92. The van der Waals surface area contributed by atoms with E-state index in [-0.39, 0.29) is 11.2 Å². The number of anilines is 1. The minimum Gasteiger partial charge on any atom is -0.449 e. The van der Waals surface area contributed by atoms with Gasteiger partial charge in [-0.15, -0.1) is 0 Å². The predicted octanol–water partition coefficient (Wildman–Crippen LogP) is 3.27. The van der Waals surface area contributed by atoms with Crippen molar-refractivity contribution in [2.45, 2.75) is 20.0 Å². The molecule has 1 unspecified atom stereocenters. The van der Waals surface area contributed by atoms with Crippen LogP contribution in [0, 0.1) is 10.5 Å². The summed E-state index contributed by atoms with van der Waals surface area (Å²) in [7, 11) is 1.74. The molecule has 8 heteroatoms. The number of aromatic nitrogens is 2. The molecule has 0 saturated heterocycles. The van der Waals surface area contributed by atoms with Crippen LogP contribution in [-0.2, 0) is 16.6 Å². The fourth-order valence-corrected chi connectivity index (χ4v) is 3.16. The highest BCUT2D eigenvalue weighted by Gasteiger charge is 2.23. The van der Waals surface area contributed by atoms with E-state index in [1.165, 1.54) is 11.6 Å². The van der Waals surface area contributed by atoms with E-state index >= 15 is 0 Å². The van der Waals surface area contributed by atoms with Crippen molar-refractivity contribution in [1.29, 1.82) is 0 Å². The number of hydrogen-bond acceptors (Lipinski definition) is 4. The van der Waals surface area contributed by atoms with Gasteiger partial charge in [-0.05, 0) is 72.8 Å². The Morgan fingerprint density at radius 3 is 2.31 bits per heavy atom. The number of esters is 1. The fourth-order valence-electron chi connectivity index (χ4n) is 2.81. The second-order valence-corrected chi connectivity index (χ2v) is 7.73. The van der Waals surface area contributed by atoms with Crippen LogP contribution in [-0.4, -0.2) is 27.3 Å². The van der Waals surface area contributed by atoms with Crippen molar-refractivity contribution in [2.24, 2.45) is 7.05 Å². The molecule has 29 heavy (non-hydrogen) atoms. The summed E-state index contributed by atoms with van der Waals surface area (Å²) in [6.07, 6.45) is -1.06. The number of amides is 1. The number of ether oxygens (including phenoxy) is 1. The third-order valence-electron chi connectivity index (χ3n) is 4.54. The first kappa shape index (κ1) is 20.8. The highest BCUT2D eigenvalue weighted by molar-refractivity contribution is 14.1. The Hall–Kier alpha value is -2.88. The largest absolute Gasteiger partial charge is 0.449 e. The van der Waals surface area contributed by atoms with Crippen LogP contribution in [0.5, 0.6) is 0 Å². The van der Waals surface area contributed by atoms with Gasteiger partial charge in [0.1, 0.15) is 5.69 Å². The van der Waals surface area contributed by atoms with E-state index in [9.17, 15) is 14.4 Å². The molecule has 0 aliphatic carbocycles. The highest BCUT2D eigenvalue weighted by atomic mass is 127. The molecule has 0 saturated carbocycles. The van der Waals surface area contributed by atoms with E-state index in [2.05, 4.69) is 27.9 Å². The van der Waals surface area contributed by atoms with Crippen molar-refractivity contribution in [3.05, 3.63) is 79.8 Å². The predicted molar refractivity (Wildman–Crippen MR) is 118 cm³/mol. The van der Waals surface area contributed by atoms with E-state index in [0.717, 1.165) is 3.57 Å². The zero-order valence-corrected chi connectivity index (χ0v) is 18.3. The highest BCUT2D eigenvalue weighted by Crippen LogP contribution is 2.15. The van der Waals surface area contributed by atoms with Crippen LogP contribution in [0.2, 0.25) is 0 Å². The minimum atomic E-state index is -1.06. The van der Waals surface area contributed by atoms with Crippen LogP contribution in [0.4, 0.5) is 5.69 Å². The lowest BCUT2D eigenvalue weighted by Gasteiger charge is -2.13. The molecule has 2 aromatic carbocycles. The molecular weight excluding hydrogens is 485 g/mol. The van der Waals surface area contributed by atoms with Crippen molar-refractivity contribution < 1.29 is 14.3 Å². The number of benzene rings is 2. The first-order valence-electron chi connectivity index (χ1n) is 8.91. The molecule has 0 aliphatic heterocycles. The lowest BCUT2D eigenvalue weighted by molar-refractivity contribution is -0.123. The van der Waals surface area contributed by atoms with Gasteiger partial charge in [0.05, 0.1) is 16.9 Å². The van der Waals surface area contributed by atoms with Crippen molar-refractivity contribution in [3.8, 4) is 5.69 Å². The molecule has 0 bridgehead atoms. The van der Waals surface area contributed by atoms with Gasteiger partial charge < -0.3 is 10.1 Å². The second kappa shape index (κ2) is 8.64. The Morgan fingerprint density at radius 2 is 1.69 bits per heavy atom. The van der Waals surface area contributed by atoms with Gasteiger partial charge in [-0.1, -0.05) is 18.2 Å². The third-order valence-corrected chi connectivity index (χ3v) is 5.25. The summed E-state index contributed by atoms with van der Waals surface area (Å²) in [5.74, 6) is -1.18. The number of para-hydroxylation sites is 1. The molecule has 0 spiro atoms. The Morgan fingerprint density at radius 1 is 1.07 bits per heavy atom. The van der Waals surface area contributed by atoms with Crippen LogP contribution in [0.25, 0.3) is 5.69 Å². The first-order chi connectivity index (χ1) is 13.8. The molecule has 7 nitrogen and oxygen atoms in total. The minimum absolute atomic E-state index is 0.151. The maximum atomic E-state index is 12.9. The molecule has 3 rings (SSSR count). The topological polar surface area (TPSA) is 82.3 Å². The van der Waals surface area contributed by atoms with Gasteiger partial charge in [0.15, 0.2) is 6.10 Å². The zero-order chi connectivity index (χ0) is 21.1. The summed E-state index contributed by atoms with van der Waals surface area (Å²) < 4.78 is 9.36. The molecule has 1 atom stereocenters. The molecule has 1 amide bonds. The summed E-state index contributed by atoms with van der Waals surface area (Å²) in [5.41, 5.74) is 1.41. The second-order valence-electron chi connectivity index (χ2n) is 6.48. The Kier molecular flexibility index (Phi) is 6.21. The third kappa shape index (κ3) is 4.42. The summed E-state index contributed by atoms with van der Waals surface area (Å²) in [5, 5.41) is 2.60. The van der Waals surface area contributed by atoms with Crippen LogP contribution in [0.15, 0.2) is 59.4 Å². The fraction of sp³-hybridized carbons (Fsp3) is 0.190. The molecular formula is C21H20IN3O4. The Labute approximate surface area is 181 Å². The van der Waals surface area contributed by atoms with Crippen LogP contribution < -0.4 is 10.9 Å². The smallest absolute Gasteiger partial charge is 0.338 e. The first-order valence-corrected chi connectivity index (χ1v) is 9.99. The lowest BCUT2D eigenvalue weighted by atomic mass is 10.2. The van der Waals surface area contributed by atoms with E-state index in [4.69, 9.17) is 4.74 Å². The van der Waals surface area contributed by atoms with Gasteiger partial charge in [0.2, 0.25) is 0 Å². The molecule has 0 fully saturated rings. The van der Waals surface area contributed by atoms with Gasteiger partial charge in [-0.2, -0.15) is 0 Å². The zero-order valence-electron chi connectivity index (χ0n) is 16.2. The van der Waals surface area contributed by atoms with Crippen LogP contribution in [0.1, 0.15) is 23.0 Å². The van der Waals surface area contributed by atoms with Crippen molar-refractivity contribution >= 4 is 40.2 Å². The maximum Gasteiger partial charge on any atom is 0.338 e. The van der Waals surface area contributed by atoms with Crippen LogP contribution in [0.3, 0.4) is 0 Å². The van der Waals surface area contributed by atoms with E-state index in [0.29, 0.717) is 16.9 Å². The molecule has 1 aromatic heterocycles. The van der Waals surface area contributed by atoms with Gasteiger partial charge >= 0.3 is 5.97 Å². The van der Waals surface area contributed by atoms with Gasteiger partial charge in [0, 0.05) is 10.6 Å². The molecule has 0 aliphatic rings. The van der Waals surface area contributed by atoms with E-state index in [1.807, 2.05) is 18.2 Å². The number of hydrogen-bond donors (Lipinski definition) is 1. The maximum absolute atomic E-state index is 12.9.